The number of carbonyl (C=O) groups excluding carboxylic acids is 12. The number of nitrogens with two attached hydrogens (primary N) is 1. The van der Waals surface area contributed by atoms with E-state index in [4.69, 9.17) is 29.8 Å². The molecule has 4 rings (SSSR count). The van der Waals surface area contributed by atoms with Gasteiger partial charge in [0.2, 0.25) is 70.9 Å². The second kappa shape index (κ2) is 60.0. The van der Waals surface area contributed by atoms with E-state index in [1.807, 2.05) is 0 Å². The predicted octanol–water partition coefficient (Wildman–Crippen LogP) is 1.51. The van der Waals surface area contributed by atoms with Crippen LogP contribution in [0.15, 0.2) is 85.1 Å². The normalized spacial score (nSPS) is 13.1. The molecular weight excluding hydrogens is 1660 g/mol. The van der Waals surface area contributed by atoms with Crippen LogP contribution in [0.5, 0.6) is 5.75 Å². The highest BCUT2D eigenvalue weighted by molar-refractivity contribution is 7.81. The van der Waals surface area contributed by atoms with Crippen molar-refractivity contribution in [1.82, 2.24) is 63.5 Å². The number of H-pyrrole nitrogens is 1. The summed E-state index contributed by atoms with van der Waals surface area (Å²) in [5, 5.41) is 65.5. The molecule has 0 aliphatic carbocycles. The van der Waals surface area contributed by atoms with Crippen LogP contribution in [-0.2, 0) is 125 Å². The van der Waals surface area contributed by atoms with Crippen molar-refractivity contribution in [2.75, 3.05) is 72.5 Å². The van der Waals surface area contributed by atoms with Crippen molar-refractivity contribution in [1.29, 1.82) is 0 Å². The van der Waals surface area contributed by atoms with Gasteiger partial charge in [0.15, 0.2) is 0 Å². The van der Waals surface area contributed by atoms with Gasteiger partial charge in [-0.15, -0.1) is 0 Å². The van der Waals surface area contributed by atoms with E-state index in [2.05, 4.69) is 67.7 Å². The number of carboxylic acid groups (broad SMARTS) is 4. The first-order valence-electron chi connectivity index (χ1n) is 41.7. The number of para-hydroxylation sites is 1. The lowest BCUT2D eigenvalue weighted by Gasteiger charge is -2.25. The molecule has 1 aromatic heterocycles. The number of carboxylic acids is 4. The molecule has 19 N–H and O–H groups in total. The minimum atomic E-state index is -4.99. The molecule has 0 saturated carbocycles. The van der Waals surface area contributed by atoms with Gasteiger partial charge in [-0.3, -0.25) is 76.5 Å². The number of primary amides is 1. The smallest absolute Gasteiger partial charge is 0.446 e. The minimum Gasteiger partial charge on any atom is -0.481 e. The first-order valence-corrected chi connectivity index (χ1v) is 43.1. The molecule has 0 saturated heterocycles. The summed E-state index contributed by atoms with van der Waals surface area (Å²) in [6, 6.07) is 7.66. The second-order valence-corrected chi connectivity index (χ2v) is 30.7. The quantitative estimate of drug-likeness (QED) is 0.0220. The first-order chi connectivity index (χ1) is 59.7. The van der Waals surface area contributed by atoms with E-state index in [1.165, 1.54) is 44.7 Å². The number of ether oxygens (including phenoxy) is 4. The Morgan fingerprint density at radius 2 is 0.872 bits per heavy atom. The van der Waals surface area contributed by atoms with Crippen LogP contribution in [-0.4, -0.2) is 254 Å². The summed E-state index contributed by atoms with van der Waals surface area (Å²) >= 11 is 0. The number of rotatable bonds is 69. The molecule has 4 aromatic rings. The van der Waals surface area contributed by atoms with Gasteiger partial charge < -0.3 is 113 Å². The van der Waals surface area contributed by atoms with Gasteiger partial charge >= 0.3 is 34.3 Å². The molecule has 8 atom stereocenters. The Kier molecular flexibility index (Phi) is 50.7. The Hall–Kier alpha value is -11.7. The van der Waals surface area contributed by atoms with Gasteiger partial charge in [-0.1, -0.05) is 157 Å². The molecule has 692 valence electrons. The van der Waals surface area contributed by atoms with Gasteiger partial charge in [-0.05, 0) is 67.5 Å². The van der Waals surface area contributed by atoms with Gasteiger partial charge in [0, 0.05) is 68.7 Å². The number of aromatic nitrogens is 1. The van der Waals surface area contributed by atoms with E-state index in [0.29, 0.717) is 34.9 Å². The summed E-state index contributed by atoms with van der Waals surface area (Å²) < 4.78 is 58.2. The summed E-state index contributed by atoms with van der Waals surface area (Å²) in [6.07, 6.45) is 14.1. The van der Waals surface area contributed by atoms with Crippen LogP contribution < -0.4 is 68.4 Å². The molecule has 1 heterocycles. The average molecular weight is 1780 g/mol. The molecule has 0 unspecified atom stereocenters. The number of fused-ring (bicyclic) bond motifs is 1. The number of nitrogens with one attached hydrogen (secondary N) is 12. The number of amides is 12. The van der Waals surface area contributed by atoms with E-state index in [9.17, 15) is 105 Å². The lowest BCUT2D eigenvalue weighted by Crippen LogP contribution is -2.59. The summed E-state index contributed by atoms with van der Waals surface area (Å²) in [7, 11) is -4.99. The SMILES string of the molecule is CCCC[C@H](NC(=O)[C@H](Cc1ccc(OS(=O)(=O)O)cc1)NC(=O)[C@H](CC(=O)O)NC(=O)COCCOCCNC(=O)COCCOCCNC(=O)CC[C@H](NC(=O)CCCCCCCCCCCCCCCCC(=O)O)C(=O)O)C(=O)NCC(=O)N[C@@H](Cc1c[nH]c2ccccc12)C(=O)N[C@@H](C)C(=O)N[C@@H](CC(=O)O)C(=O)N[C@@H](Cc1ccccc1)C(N)=O. The molecular formula is C83H121N13O28S. The Bertz CT molecular complexity index is 4230. The molecule has 125 heavy (non-hydrogen) atoms. The van der Waals surface area contributed by atoms with Crippen LogP contribution >= 0.6 is 0 Å². The third-order valence-electron chi connectivity index (χ3n) is 19.3. The first kappa shape index (κ1) is 106. The summed E-state index contributed by atoms with van der Waals surface area (Å²) in [5.74, 6) is -16.0. The maximum absolute atomic E-state index is 14.5. The maximum atomic E-state index is 14.5. The zero-order chi connectivity index (χ0) is 91.9. The van der Waals surface area contributed by atoms with E-state index >= 15 is 0 Å². The Labute approximate surface area is 724 Å². The van der Waals surface area contributed by atoms with Crippen LogP contribution in [0.1, 0.15) is 178 Å². The molecule has 0 aliphatic rings. The molecule has 41 nitrogen and oxygen atoms in total. The zero-order valence-corrected chi connectivity index (χ0v) is 71.3. The number of carbonyl (C=O) groups is 16. The fourth-order valence-corrected chi connectivity index (χ4v) is 13.0. The largest absolute Gasteiger partial charge is 0.481 e. The van der Waals surface area contributed by atoms with Crippen LogP contribution in [0.25, 0.3) is 10.9 Å². The topological polar surface area (TPSA) is 629 Å². The molecule has 0 fully saturated rings. The van der Waals surface area contributed by atoms with Gasteiger partial charge in [-0.2, -0.15) is 8.42 Å². The van der Waals surface area contributed by atoms with Crippen LogP contribution in [0, 0.1) is 0 Å². The number of benzene rings is 3. The number of aromatic amines is 1. The monoisotopic (exact) mass is 1780 g/mol. The molecule has 0 radical (unpaired) electrons. The zero-order valence-electron chi connectivity index (χ0n) is 70.5. The van der Waals surface area contributed by atoms with Crippen molar-refractivity contribution in [3.05, 3.63) is 102 Å². The maximum Gasteiger partial charge on any atom is 0.446 e. The van der Waals surface area contributed by atoms with E-state index in [-0.39, 0.29) is 128 Å². The van der Waals surface area contributed by atoms with Crippen molar-refractivity contribution in [2.24, 2.45) is 5.73 Å². The third kappa shape index (κ3) is 47.1. The molecule has 42 heteroatoms. The van der Waals surface area contributed by atoms with Gasteiger partial charge in [0.1, 0.15) is 67.3 Å². The van der Waals surface area contributed by atoms with Crippen LogP contribution in [0.3, 0.4) is 0 Å². The minimum absolute atomic E-state index is 0.00944. The second-order valence-electron chi connectivity index (χ2n) is 29.7. The average Bonchev–Trinajstić information content (AvgIpc) is 1.71. The summed E-state index contributed by atoms with van der Waals surface area (Å²) in [5.41, 5.74) is 7.52. The number of hydrogen-bond acceptors (Lipinski definition) is 23. The standard InChI is InChI=1S/C83H121N13O28S/c1-3-4-27-61(78(110)88-51-70(99)91-65(47-57-50-87-60-28-23-22-26-59(57)60)79(111)89-54(2)77(109)95-67(49-75(106)107)82(114)94-63(76(84)108)45-55-24-18-17-19-25-55)93-80(112)64(46-56-31-33-58(34-32-56)124-125(117,118)119)96-81(113)66(48-74(104)105)92-72(101)53-123-44-42-121-40-38-86-71(100)52-122-43-41-120-39-37-85-68(97)36-35-62(83(115)116)90-69(98)29-20-15-13-11-9-7-5-6-8-10-12-14-16-21-30-73(102)103/h17-19,22-26,28,31-34,50,54,61-67,87H,3-16,20-21,27,29-30,35-49,51-53H2,1-2H3,(H2,84,108)(H,85,97)(H,86,100)(H,88,110)(H,89,111)(H,90,98)(H,91,99)(H,92,101)(H,93,112)(H,94,114)(H,95,109)(H,96,113)(H,102,103)(H,104,105)(H,106,107)(H,115,116)(H,117,118,119)/t54-,61-,62-,63-,64-,65-,66-,67-/m0/s1. The van der Waals surface area contributed by atoms with Gasteiger partial charge in [-0.25, -0.2) is 4.79 Å². The van der Waals surface area contributed by atoms with E-state index in [1.54, 1.807) is 67.7 Å². The van der Waals surface area contributed by atoms with Crippen LogP contribution in [0.4, 0.5) is 0 Å². The summed E-state index contributed by atoms with van der Waals surface area (Å²) in [6.45, 7) is 1.09. The lowest BCUT2D eigenvalue weighted by molar-refractivity contribution is -0.142. The van der Waals surface area contributed by atoms with Crippen molar-refractivity contribution < 1.29 is 133 Å². The third-order valence-corrected chi connectivity index (χ3v) is 19.7. The van der Waals surface area contributed by atoms with Crippen molar-refractivity contribution in [2.45, 2.75) is 229 Å². The molecule has 0 spiro atoms. The molecule has 12 amide bonds. The van der Waals surface area contributed by atoms with Crippen LogP contribution in [0.2, 0.25) is 0 Å². The predicted molar refractivity (Wildman–Crippen MR) is 449 cm³/mol. The fraction of sp³-hybridized carbons (Fsp3) is 0.566. The van der Waals surface area contributed by atoms with E-state index < -0.39 is 180 Å². The Morgan fingerprint density at radius 1 is 0.408 bits per heavy atom. The fourth-order valence-electron chi connectivity index (χ4n) is 12.7. The Morgan fingerprint density at radius 3 is 1.43 bits per heavy atom. The number of hydrogen-bond donors (Lipinski definition) is 18. The Balaban J connectivity index is 1.22. The molecule has 0 aliphatic heterocycles. The number of aliphatic carboxylic acids is 4. The summed E-state index contributed by atoms with van der Waals surface area (Å²) in [4.78, 5) is 210. The lowest BCUT2D eigenvalue weighted by atomic mass is 10.0. The molecule has 0 bridgehead atoms. The van der Waals surface area contributed by atoms with Crippen molar-refractivity contribution in [3.63, 3.8) is 0 Å². The highest BCUT2D eigenvalue weighted by Gasteiger charge is 2.35. The molecule has 3 aromatic carbocycles. The van der Waals surface area contributed by atoms with Gasteiger partial charge in [0.25, 0.3) is 0 Å². The highest BCUT2D eigenvalue weighted by Crippen LogP contribution is 2.21. The van der Waals surface area contributed by atoms with E-state index in [0.717, 1.165) is 69.9 Å². The number of unbranched alkanes of at least 4 members (excludes halogenated alkanes) is 14. The van der Waals surface area contributed by atoms with Gasteiger partial charge in [0.05, 0.1) is 59.0 Å². The van der Waals surface area contributed by atoms with Crippen molar-refractivity contribution >= 4 is 116 Å². The highest BCUT2D eigenvalue weighted by atomic mass is 32.3. The van der Waals surface area contributed by atoms with Crippen molar-refractivity contribution in [3.8, 4) is 5.75 Å².